The van der Waals surface area contributed by atoms with Crippen molar-refractivity contribution in [1.82, 2.24) is 5.43 Å². The highest BCUT2D eigenvalue weighted by atomic mass is 19.1. The highest BCUT2D eigenvalue weighted by Gasteiger charge is 2.20. The molecule has 0 bridgehead atoms. The van der Waals surface area contributed by atoms with Gasteiger partial charge < -0.3 is 14.9 Å². The number of hydrazone groups is 1. The van der Waals surface area contributed by atoms with Crippen molar-refractivity contribution in [3.8, 4) is 11.5 Å². The lowest BCUT2D eigenvalue weighted by Gasteiger charge is -2.13. The first-order valence-electron chi connectivity index (χ1n) is 6.53. The van der Waals surface area contributed by atoms with E-state index < -0.39 is 11.6 Å². The standard InChI is InChI=1S/C14H18F2N2O2/c1-19-11-8-12(20-2)14(16)10(13(11)15)5-3-4-9-6-7-17-18-9/h7-9,18H,3-6H2,1-2H3. The zero-order chi connectivity index (χ0) is 14.5. The van der Waals surface area contributed by atoms with Crippen molar-refractivity contribution in [3.05, 3.63) is 23.3 Å². The van der Waals surface area contributed by atoms with Crippen LogP contribution in [0.2, 0.25) is 0 Å². The number of halogens is 2. The normalized spacial score (nSPS) is 17.1. The van der Waals surface area contributed by atoms with E-state index in [-0.39, 0.29) is 23.1 Å². The number of benzene rings is 1. The molecule has 0 saturated carbocycles. The fourth-order valence-corrected chi connectivity index (χ4v) is 2.25. The predicted octanol–water partition coefficient (Wildman–Crippen LogP) is 2.65. The molecule has 0 aromatic heterocycles. The minimum Gasteiger partial charge on any atom is -0.494 e. The van der Waals surface area contributed by atoms with Gasteiger partial charge in [-0.3, -0.25) is 0 Å². The lowest BCUT2D eigenvalue weighted by atomic mass is 10.0. The van der Waals surface area contributed by atoms with E-state index in [1.807, 2.05) is 0 Å². The van der Waals surface area contributed by atoms with Crippen LogP contribution in [0.4, 0.5) is 8.78 Å². The van der Waals surface area contributed by atoms with Gasteiger partial charge in [0.1, 0.15) is 0 Å². The van der Waals surface area contributed by atoms with Crippen molar-refractivity contribution in [2.45, 2.75) is 31.7 Å². The fraction of sp³-hybridized carbons (Fsp3) is 0.500. The van der Waals surface area contributed by atoms with Crippen LogP contribution in [0.1, 0.15) is 24.8 Å². The van der Waals surface area contributed by atoms with E-state index in [4.69, 9.17) is 9.47 Å². The Hall–Kier alpha value is -1.85. The molecule has 0 radical (unpaired) electrons. The third kappa shape index (κ3) is 3.00. The number of rotatable bonds is 6. The molecule has 1 aromatic carbocycles. The Bertz CT molecular complexity index is 470. The highest BCUT2D eigenvalue weighted by molar-refractivity contribution is 5.59. The van der Waals surface area contributed by atoms with E-state index in [1.54, 1.807) is 6.21 Å². The molecule has 1 N–H and O–H groups in total. The second-order valence-corrected chi connectivity index (χ2v) is 4.65. The molecule has 0 amide bonds. The van der Waals surface area contributed by atoms with E-state index in [0.717, 1.165) is 12.8 Å². The van der Waals surface area contributed by atoms with Crippen molar-refractivity contribution in [2.75, 3.05) is 14.2 Å². The molecule has 4 nitrogen and oxygen atoms in total. The molecular weight excluding hydrogens is 266 g/mol. The largest absolute Gasteiger partial charge is 0.494 e. The average Bonchev–Trinajstić information content (AvgIpc) is 2.96. The van der Waals surface area contributed by atoms with Crippen LogP contribution in [0.5, 0.6) is 11.5 Å². The summed E-state index contributed by atoms with van der Waals surface area (Å²) < 4.78 is 38.0. The van der Waals surface area contributed by atoms with Crippen molar-refractivity contribution in [2.24, 2.45) is 5.10 Å². The lowest BCUT2D eigenvalue weighted by molar-refractivity contribution is 0.352. The van der Waals surface area contributed by atoms with Gasteiger partial charge in [0.25, 0.3) is 0 Å². The number of nitrogens with one attached hydrogen (secondary N) is 1. The summed E-state index contributed by atoms with van der Waals surface area (Å²) in [6.45, 7) is 0. The van der Waals surface area contributed by atoms with E-state index in [2.05, 4.69) is 10.5 Å². The van der Waals surface area contributed by atoms with Crippen LogP contribution in [-0.2, 0) is 6.42 Å². The Balaban J connectivity index is 2.08. The van der Waals surface area contributed by atoms with E-state index in [9.17, 15) is 8.78 Å². The maximum Gasteiger partial charge on any atom is 0.171 e. The monoisotopic (exact) mass is 284 g/mol. The molecule has 1 aliphatic rings. The molecule has 0 fully saturated rings. The van der Waals surface area contributed by atoms with Gasteiger partial charge in [-0.2, -0.15) is 5.10 Å². The van der Waals surface area contributed by atoms with Crippen molar-refractivity contribution in [1.29, 1.82) is 0 Å². The SMILES string of the molecule is COc1cc(OC)c(F)c(CCCC2CC=NN2)c1F. The van der Waals surface area contributed by atoms with Crippen LogP contribution in [0, 0.1) is 11.6 Å². The topological polar surface area (TPSA) is 42.9 Å². The van der Waals surface area contributed by atoms with Crippen LogP contribution in [0.15, 0.2) is 11.2 Å². The van der Waals surface area contributed by atoms with Gasteiger partial charge in [0.2, 0.25) is 0 Å². The van der Waals surface area contributed by atoms with Crippen LogP contribution in [0.3, 0.4) is 0 Å². The van der Waals surface area contributed by atoms with Crippen molar-refractivity contribution < 1.29 is 18.3 Å². The molecule has 6 heteroatoms. The van der Waals surface area contributed by atoms with Gasteiger partial charge in [0, 0.05) is 30.3 Å². The number of hydrogen-bond donors (Lipinski definition) is 1. The summed E-state index contributed by atoms with van der Waals surface area (Å²) in [7, 11) is 2.69. The molecule has 0 spiro atoms. The first-order valence-corrected chi connectivity index (χ1v) is 6.53. The third-order valence-electron chi connectivity index (χ3n) is 3.38. The molecule has 1 aliphatic heterocycles. The first-order chi connectivity index (χ1) is 9.67. The molecule has 1 atom stereocenters. The quantitative estimate of drug-likeness (QED) is 0.873. The van der Waals surface area contributed by atoms with Crippen LogP contribution >= 0.6 is 0 Å². The second-order valence-electron chi connectivity index (χ2n) is 4.65. The van der Waals surface area contributed by atoms with Crippen molar-refractivity contribution >= 4 is 6.21 Å². The van der Waals surface area contributed by atoms with Gasteiger partial charge >= 0.3 is 0 Å². The highest BCUT2D eigenvalue weighted by Crippen LogP contribution is 2.32. The molecule has 2 rings (SSSR count). The molecule has 0 saturated heterocycles. The molecule has 0 aliphatic carbocycles. The smallest absolute Gasteiger partial charge is 0.171 e. The summed E-state index contributed by atoms with van der Waals surface area (Å²) in [4.78, 5) is 0. The van der Waals surface area contributed by atoms with Gasteiger partial charge in [-0.15, -0.1) is 0 Å². The van der Waals surface area contributed by atoms with Crippen molar-refractivity contribution in [3.63, 3.8) is 0 Å². The summed E-state index contributed by atoms with van der Waals surface area (Å²) in [5, 5.41) is 3.92. The average molecular weight is 284 g/mol. The number of methoxy groups -OCH3 is 2. The molecular formula is C14H18F2N2O2. The summed E-state index contributed by atoms with van der Waals surface area (Å²) in [5.41, 5.74) is 2.96. The van der Waals surface area contributed by atoms with Gasteiger partial charge in [-0.05, 0) is 19.3 Å². The Labute approximate surface area is 116 Å². The molecule has 110 valence electrons. The van der Waals surface area contributed by atoms with Gasteiger partial charge in [-0.25, -0.2) is 8.78 Å². The maximum absolute atomic E-state index is 14.1. The fourth-order valence-electron chi connectivity index (χ4n) is 2.25. The molecule has 1 unspecified atom stereocenters. The second kappa shape index (κ2) is 6.54. The number of hydrogen-bond acceptors (Lipinski definition) is 4. The van der Waals surface area contributed by atoms with E-state index in [1.165, 1.54) is 20.3 Å². The Morgan fingerprint density at radius 3 is 2.40 bits per heavy atom. The summed E-state index contributed by atoms with van der Waals surface area (Å²) in [6, 6.07) is 1.48. The summed E-state index contributed by atoms with van der Waals surface area (Å²) in [5.74, 6) is -1.30. The minimum atomic E-state index is -0.651. The predicted molar refractivity (Wildman–Crippen MR) is 72.4 cm³/mol. The van der Waals surface area contributed by atoms with Crippen LogP contribution in [-0.4, -0.2) is 26.5 Å². The minimum absolute atomic E-state index is 0.000532. The third-order valence-corrected chi connectivity index (χ3v) is 3.38. The Morgan fingerprint density at radius 1 is 1.25 bits per heavy atom. The van der Waals surface area contributed by atoms with E-state index >= 15 is 0 Å². The zero-order valence-corrected chi connectivity index (χ0v) is 11.6. The molecule has 1 aromatic rings. The first kappa shape index (κ1) is 14.6. The molecule has 20 heavy (non-hydrogen) atoms. The maximum atomic E-state index is 14.1. The van der Waals surface area contributed by atoms with E-state index in [0.29, 0.717) is 12.8 Å². The Morgan fingerprint density at radius 2 is 1.90 bits per heavy atom. The van der Waals surface area contributed by atoms with Crippen LogP contribution in [0.25, 0.3) is 0 Å². The summed E-state index contributed by atoms with van der Waals surface area (Å²) in [6.07, 6.45) is 4.42. The number of ether oxygens (including phenoxy) is 2. The van der Waals surface area contributed by atoms with Gasteiger partial charge in [0.15, 0.2) is 23.1 Å². The number of nitrogens with zero attached hydrogens (tertiary/aromatic N) is 1. The molecule has 1 heterocycles. The van der Waals surface area contributed by atoms with Gasteiger partial charge in [-0.1, -0.05) is 0 Å². The summed E-state index contributed by atoms with van der Waals surface area (Å²) >= 11 is 0. The Kier molecular flexibility index (Phi) is 4.76. The van der Waals surface area contributed by atoms with Gasteiger partial charge in [0.05, 0.1) is 14.2 Å². The zero-order valence-electron chi connectivity index (χ0n) is 11.6. The lowest BCUT2D eigenvalue weighted by Crippen LogP contribution is -2.19. The van der Waals surface area contributed by atoms with Crippen LogP contribution < -0.4 is 14.9 Å².